The number of aliphatic hydroxyl groups excluding tert-OH is 1. The van der Waals surface area contributed by atoms with Crippen LogP contribution in [0.5, 0.6) is 0 Å². The summed E-state index contributed by atoms with van der Waals surface area (Å²) in [5, 5.41) is 16.4. The van der Waals surface area contributed by atoms with E-state index >= 15 is 0 Å². The van der Waals surface area contributed by atoms with Crippen LogP contribution in [-0.2, 0) is 36.0 Å². The van der Waals surface area contributed by atoms with Gasteiger partial charge in [-0.25, -0.2) is 13.1 Å². The van der Waals surface area contributed by atoms with Gasteiger partial charge in [-0.05, 0) is 11.1 Å². The highest BCUT2D eigenvalue weighted by Gasteiger charge is 2.12. The number of hydrogen-bond donors (Lipinski definition) is 2. The van der Waals surface area contributed by atoms with E-state index in [0.29, 0.717) is 11.4 Å². The standard InChI is InChI=1S/C12H16N4O3S/c1-16-9-13-15-12(16)6-14-20(18,19)8-11-4-2-10(7-17)3-5-11/h2-5,9,14,17H,6-8H2,1H3. The van der Waals surface area contributed by atoms with Crippen LogP contribution in [0.2, 0.25) is 0 Å². The van der Waals surface area contributed by atoms with E-state index in [1.807, 2.05) is 0 Å². The maximum absolute atomic E-state index is 11.9. The van der Waals surface area contributed by atoms with E-state index in [9.17, 15) is 8.42 Å². The fourth-order valence-electron chi connectivity index (χ4n) is 1.65. The molecule has 2 rings (SSSR count). The molecule has 0 unspecified atom stereocenters. The van der Waals surface area contributed by atoms with Gasteiger partial charge in [0.05, 0.1) is 18.9 Å². The van der Waals surface area contributed by atoms with Gasteiger partial charge in [-0.2, -0.15) is 0 Å². The second-order valence-corrected chi connectivity index (χ2v) is 6.22. The molecule has 20 heavy (non-hydrogen) atoms. The largest absolute Gasteiger partial charge is 0.392 e. The number of nitrogens with one attached hydrogen (secondary N) is 1. The predicted octanol–water partition coefficient (Wildman–Crippen LogP) is -0.0730. The normalized spacial score (nSPS) is 11.7. The molecule has 1 aromatic heterocycles. The highest BCUT2D eigenvalue weighted by atomic mass is 32.2. The van der Waals surface area contributed by atoms with Crippen LogP contribution in [0.25, 0.3) is 0 Å². The summed E-state index contributed by atoms with van der Waals surface area (Å²) < 4.78 is 28.0. The second kappa shape index (κ2) is 6.12. The van der Waals surface area contributed by atoms with Crippen molar-refractivity contribution in [2.24, 2.45) is 7.05 Å². The van der Waals surface area contributed by atoms with Crippen LogP contribution in [0, 0.1) is 0 Å². The van der Waals surface area contributed by atoms with Gasteiger partial charge in [-0.1, -0.05) is 24.3 Å². The van der Waals surface area contributed by atoms with Gasteiger partial charge in [0.2, 0.25) is 10.0 Å². The Labute approximate surface area is 117 Å². The highest BCUT2D eigenvalue weighted by Crippen LogP contribution is 2.08. The third-order valence-corrected chi connectivity index (χ3v) is 4.12. The average Bonchev–Trinajstić information content (AvgIpc) is 2.83. The summed E-state index contributed by atoms with van der Waals surface area (Å²) in [6.45, 7) is 0.0466. The minimum Gasteiger partial charge on any atom is -0.392 e. The lowest BCUT2D eigenvalue weighted by atomic mass is 10.2. The average molecular weight is 296 g/mol. The van der Waals surface area contributed by atoms with Gasteiger partial charge in [0.15, 0.2) is 0 Å². The maximum atomic E-state index is 11.9. The number of aromatic nitrogens is 3. The zero-order valence-corrected chi connectivity index (χ0v) is 11.8. The SMILES string of the molecule is Cn1cnnc1CNS(=O)(=O)Cc1ccc(CO)cc1. The summed E-state index contributed by atoms with van der Waals surface area (Å²) in [6.07, 6.45) is 1.51. The molecule has 0 saturated carbocycles. The van der Waals surface area contributed by atoms with Gasteiger partial charge in [0.25, 0.3) is 0 Å². The molecule has 0 amide bonds. The Morgan fingerprint density at radius 3 is 2.45 bits per heavy atom. The molecule has 0 saturated heterocycles. The molecule has 0 fully saturated rings. The molecule has 1 aromatic carbocycles. The van der Waals surface area contributed by atoms with Crippen molar-refractivity contribution < 1.29 is 13.5 Å². The van der Waals surface area contributed by atoms with E-state index in [4.69, 9.17) is 5.11 Å². The van der Waals surface area contributed by atoms with Gasteiger partial charge >= 0.3 is 0 Å². The summed E-state index contributed by atoms with van der Waals surface area (Å²) >= 11 is 0. The Morgan fingerprint density at radius 1 is 1.25 bits per heavy atom. The lowest BCUT2D eigenvalue weighted by Gasteiger charge is -2.07. The van der Waals surface area contributed by atoms with Crippen molar-refractivity contribution in [3.8, 4) is 0 Å². The maximum Gasteiger partial charge on any atom is 0.216 e. The summed E-state index contributed by atoms with van der Waals surface area (Å²) in [5.74, 6) is 0.431. The monoisotopic (exact) mass is 296 g/mol. The van der Waals surface area contributed by atoms with Crippen LogP contribution in [0.3, 0.4) is 0 Å². The molecule has 0 atom stereocenters. The summed E-state index contributed by atoms with van der Waals surface area (Å²) in [7, 11) is -1.69. The van der Waals surface area contributed by atoms with E-state index in [2.05, 4.69) is 14.9 Å². The van der Waals surface area contributed by atoms with Gasteiger partial charge < -0.3 is 9.67 Å². The molecule has 8 heteroatoms. The summed E-state index contributed by atoms with van der Waals surface area (Å²) in [5.41, 5.74) is 1.41. The third kappa shape index (κ3) is 3.86. The zero-order chi connectivity index (χ0) is 14.6. The van der Waals surface area contributed by atoms with Crippen LogP contribution in [-0.4, -0.2) is 28.3 Å². The van der Waals surface area contributed by atoms with E-state index in [0.717, 1.165) is 5.56 Å². The van der Waals surface area contributed by atoms with Gasteiger partial charge in [-0.15, -0.1) is 10.2 Å². The lowest BCUT2D eigenvalue weighted by Crippen LogP contribution is -2.26. The first-order valence-electron chi connectivity index (χ1n) is 5.99. The Hall–Kier alpha value is -1.77. The number of aryl methyl sites for hydroxylation is 1. The molecule has 0 aliphatic carbocycles. The number of benzene rings is 1. The summed E-state index contributed by atoms with van der Waals surface area (Å²) in [4.78, 5) is 0. The Balaban J connectivity index is 1.98. The molecule has 0 bridgehead atoms. The second-order valence-electron chi connectivity index (χ2n) is 4.41. The minimum atomic E-state index is -3.44. The van der Waals surface area contributed by atoms with E-state index in [-0.39, 0.29) is 18.9 Å². The zero-order valence-electron chi connectivity index (χ0n) is 11.0. The van der Waals surface area contributed by atoms with E-state index < -0.39 is 10.0 Å². The minimum absolute atomic E-state index is 0.0581. The van der Waals surface area contributed by atoms with Crippen LogP contribution in [0.4, 0.5) is 0 Å². The molecular weight excluding hydrogens is 280 g/mol. The van der Waals surface area contributed by atoms with E-state index in [1.165, 1.54) is 6.33 Å². The fourth-order valence-corrected chi connectivity index (χ4v) is 2.74. The number of rotatable bonds is 6. The highest BCUT2D eigenvalue weighted by molar-refractivity contribution is 7.88. The predicted molar refractivity (Wildman–Crippen MR) is 72.8 cm³/mol. The van der Waals surface area contributed by atoms with Gasteiger partial charge in [0, 0.05) is 7.05 Å². The van der Waals surface area contributed by atoms with Crippen molar-refractivity contribution in [1.29, 1.82) is 0 Å². The van der Waals surface area contributed by atoms with Gasteiger partial charge in [-0.3, -0.25) is 0 Å². The molecule has 108 valence electrons. The number of sulfonamides is 1. The molecule has 0 aliphatic rings. The van der Waals surface area contributed by atoms with Crippen LogP contribution in [0.15, 0.2) is 30.6 Å². The molecule has 2 aromatic rings. The van der Waals surface area contributed by atoms with Crippen molar-refractivity contribution in [1.82, 2.24) is 19.5 Å². The first-order chi connectivity index (χ1) is 9.50. The topological polar surface area (TPSA) is 97.1 Å². The first-order valence-corrected chi connectivity index (χ1v) is 7.64. The van der Waals surface area contributed by atoms with Crippen LogP contribution < -0.4 is 4.72 Å². The summed E-state index contributed by atoms with van der Waals surface area (Å²) in [6, 6.07) is 6.78. The molecule has 1 heterocycles. The Kier molecular flexibility index (Phi) is 4.48. The number of aliphatic hydroxyl groups is 1. The molecule has 0 aliphatic heterocycles. The van der Waals surface area contributed by atoms with Crippen LogP contribution in [0.1, 0.15) is 17.0 Å². The molecule has 7 nitrogen and oxygen atoms in total. The molecule has 2 N–H and O–H groups in total. The van der Waals surface area contributed by atoms with Crippen molar-refractivity contribution >= 4 is 10.0 Å². The van der Waals surface area contributed by atoms with Crippen molar-refractivity contribution in [3.63, 3.8) is 0 Å². The quantitative estimate of drug-likeness (QED) is 0.777. The fraction of sp³-hybridized carbons (Fsp3) is 0.333. The van der Waals surface area contributed by atoms with Crippen molar-refractivity contribution in [3.05, 3.63) is 47.5 Å². The van der Waals surface area contributed by atoms with Crippen molar-refractivity contribution in [2.45, 2.75) is 18.9 Å². The Morgan fingerprint density at radius 2 is 1.90 bits per heavy atom. The first kappa shape index (κ1) is 14.6. The van der Waals surface area contributed by atoms with Crippen molar-refractivity contribution in [2.75, 3.05) is 0 Å². The van der Waals surface area contributed by atoms with E-state index in [1.54, 1.807) is 35.9 Å². The molecular formula is C12H16N4O3S. The van der Waals surface area contributed by atoms with Gasteiger partial charge in [0.1, 0.15) is 12.2 Å². The lowest BCUT2D eigenvalue weighted by molar-refractivity contribution is 0.282. The Bertz CT molecular complexity index is 664. The molecule has 0 radical (unpaired) electrons. The molecule has 0 spiro atoms. The number of hydrogen-bond acceptors (Lipinski definition) is 5. The third-order valence-electron chi connectivity index (χ3n) is 2.82. The van der Waals surface area contributed by atoms with Crippen LogP contribution >= 0.6 is 0 Å². The smallest absolute Gasteiger partial charge is 0.216 e. The number of nitrogens with zero attached hydrogens (tertiary/aromatic N) is 3.